The summed E-state index contributed by atoms with van der Waals surface area (Å²) in [4.78, 5) is 14.0. The minimum Gasteiger partial charge on any atom is -0.300 e. The smallest absolute Gasteiger partial charge is 0.171 e. The topological polar surface area (TPSA) is 55.1 Å². The van der Waals surface area contributed by atoms with Crippen molar-refractivity contribution in [2.24, 2.45) is 10.9 Å². The molecule has 0 aliphatic rings. The van der Waals surface area contributed by atoms with Gasteiger partial charge in [0.05, 0.1) is 0 Å². The maximum atomic E-state index is 11.1. The Morgan fingerprint density at radius 1 is 1.50 bits per heavy atom. The molecule has 0 rings (SSSR count). The molecule has 0 aromatic carbocycles. The van der Waals surface area contributed by atoms with Gasteiger partial charge in [0.1, 0.15) is 0 Å². The van der Waals surface area contributed by atoms with Crippen molar-refractivity contribution in [3.05, 3.63) is 0 Å². The highest BCUT2D eigenvalue weighted by molar-refractivity contribution is 7.63. The molecule has 0 heterocycles. The van der Waals surface area contributed by atoms with Crippen molar-refractivity contribution in [2.75, 3.05) is 0 Å². The molecule has 3 N–H and O–H groups in total. The number of hydrogen-bond donors (Lipinski definition) is 2. The molecule has 0 fully saturated rings. The first kappa shape index (κ1) is 10.4. The van der Waals surface area contributed by atoms with Crippen LogP contribution in [0, 0.1) is 5.41 Å². The van der Waals surface area contributed by atoms with Gasteiger partial charge in [0.15, 0.2) is 5.52 Å². The lowest BCUT2D eigenvalue weighted by molar-refractivity contribution is -0.117. The van der Waals surface area contributed by atoms with E-state index in [1.54, 1.807) is 0 Å². The van der Waals surface area contributed by atoms with E-state index in [0.717, 1.165) is 0 Å². The Morgan fingerprint density at radius 2 is 2.00 bits per heavy atom. The van der Waals surface area contributed by atoms with Crippen molar-refractivity contribution in [1.82, 2.24) is 4.86 Å². The highest BCUT2D eigenvalue weighted by Crippen LogP contribution is 2.26. The molecule has 2 atom stereocenters. The van der Waals surface area contributed by atoms with Gasteiger partial charge in [0, 0.05) is 23.0 Å². The zero-order valence-corrected chi connectivity index (χ0v) is 8.49. The van der Waals surface area contributed by atoms with Crippen LogP contribution in [-0.4, -0.2) is 5.52 Å². The second-order valence-corrected chi connectivity index (χ2v) is 4.97. The summed E-state index contributed by atoms with van der Waals surface area (Å²) in [5.41, 5.74) is 5.19. The SMILES string of the molecule is CC(C)(C)C(=O)PNPN. The molecule has 0 aliphatic carbocycles. The molecule has 0 radical (unpaired) electrons. The summed E-state index contributed by atoms with van der Waals surface area (Å²) in [6, 6.07) is 0. The third-order valence-electron chi connectivity index (χ3n) is 0.929. The fourth-order valence-corrected chi connectivity index (χ4v) is 1.40. The van der Waals surface area contributed by atoms with Crippen LogP contribution in [0.1, 0.15) is 20.8 Å². The zero-order chi connectivity index (χ0) is 8.20. The van der Waals surface area contributed by atoms with Gasteiger partial charge in [-0.15, -0.1) is 0 Å². The molecule has 0 spiro atoms. The van der Waals surface area contributed by atoms with Gasteiger partial charge in [0.2, 0.25) is 0 Å². The molecule has 10 heavy (non-hydrogen) atoms. The Bertz CT molecular complexity index is 121. The fraction of sp³-hybridized carbons (Fsp3) is 0.800. The van der Waals surface area contributed by atoms with E-state index in [-0.39, 0.29) is 28.6 Å². The van der Waals surface area contributed by atoms with Crippen LogP contribution in [-0.2, 0) is 4.79 Å². The molecule has 3 nitrogen and oxygen atoms in total. The van der Waals surface area contributed by atoms with Gasteiger partial charge in [-0.25, -0.2) is 0 Å². The average molecular weight is 180 g/mol. The molecular weight excluding hydrogens is 166 g/mol. The van der Waals surface area contributed by atoms with Crippen LogP contribution in [0.5, 0.6) is 0 Å². The van der Waals surface area contributed by atoms with Crippen molar-refractivity contribution in [3.8, 4) is 0 Å². The van der Waals surface area contributed by atoms with E-state index in [2.05, 4.69) is 4.86 Å². The second-order valence-electron chi connectivity index (χ2n) is 2.97. The third-order valence-corrected chi connectivity index (χ3v) is 2.98. The third kappa shape index (κ3) is 4.29. The molecule has 0 saturated heterocycles. The Balaban J connectivity index is 3.64. The molecule has 0 aliphatic heterocycles. The second kappa shape index (κ2) is 4.35. The maximum absolute atomic E-state index is 11.1. The van der Waals surface area contributed by atoms with Gasteiger partial charge in [-0.1, -0.05) is 20.8 Å². The molecule has 0 saturated carbocycles. The van der Waals surface area contributed by atoms with Gasteiger partial charge in [-0.2, -0.15) is 0 Å². The van der Waals surface area contributed by atoms with E-state index in [1.807, 2.05) is 20.8 Å². The minimum atomic E-state index is -0.231. The molecular formula is C5H14N2OP2. The van der Waals surface area contributed by atoms with E-state index in [4.69, 9.17) is 5.50 Å². The van der Waals surface area contributed by atoms with Crippen molar-refractivity contribution in [1.29, 1.82) is 0 Å². The van der Waals surface area contributed by atoms with Gasteiger partial charge < -0.3 is 0 Å². The van der Waals surface area contributed by atoms with Crippen LogP contribution in [0.3, 0.4) is 0 Å². The van der Waals surface area contributed by atoms with E-state index in [9.17, 15) is 4.79 Å². The van der Waals surface area contributed by atoms with Crippen LogP contribution in [0.4, 0.5) is 0 Å². The lowest BCUT2D eigenvalue weighted by atomic mass is 10.00. The normalized spacial score (nSPS) is 14.0. The first-order valence-electron chi connectivity index (χ1n) is 2.99. The molecule has 0 amide bonds. The molecule has 0 bridgehead atoms. The summed E-state index contributed by atoms with van der Waals surface area (Å²) in [7, 11) is 0.327. The van der Waals surface area contributed by atoms with Gasteiger partial charge in [-0.3, -0.25) is 15.2 Å². The summed E-state index contributed by atoms with van der Waals surface area (Å²) < 4.78 is 0. The summed E-state index contributed by atoms with van der Waals surface area (Å²) in [6.45, 7) is 5.72. The number of hydrogen-bond acceptors (Lipinski definition) is 3. The van der Waals surface area contributed by atoms with Crippen LogP contribution < -0.4 is 10.4 Å². The van der Waals surface area contributed by atoms with E-state index >= 15 is 0 Å². The average Bonchev–Trinajstić information content (AvgIpc) is 1.80. The lowest BCUT2D eigenvalue weighted by Crippen LogP contribution is -2.17. The lowest BCUT2D eigenvalue weighted by Gasteiger charge is -2.15. The monoisotopic (exact) mass is 180 g/mol. The number of nitrogens with two attached hydrogens (primary N) is 1. The number of carbonyl (C=O) groups is 1. The largest absolute Gasteiger partial charge is 0.300 e. The Labute approximate surface area is 65.2 Å². The molecule has 60 valence electrons. The summed E-state index contributed by atoms with van der Waals surface area (Å²) in [5, 5.41) is 0. The van der Waals surface area contributed by atoms with Gasteiger partial charge in [0.25, 0.3) is 0 Å². The highest BCUT2D eigenvalue weighted by Gasteiger charge is 2.19. The summed E-state index contributed by atoms with van der Waals surface area (Å²) in [5.74, 6) is 0. The van der Waals surface area contributed by atoms with Crippen molar-refractivity contribution >= 4 is 23.1 Å². The molecule has 2 unspecified atom stereocenters. The van der Waals surface area contributed by atoms with Crippen LogP contribution in [0.25, 0.3) is 0 Å². The number of carbonyl (C=O) groups excluding carboxylic acids is 1. The van der Waals surface area contributed by atoms with Crippen molar-refractivity contribution in [3.63, 3.8) is 0 Å². The standard InChI is InChI=1S/C5H14N2OP2/c1-5(2,3)4(8)9-7-10-6/h7,9-10H,6H2,1-3H3. The molecule has 0 aromatic rings. The van der Waals surface area contributed by atoms with Gasteiger partial charge >= 0.3 is 0 Å². The van der Waals surface area contributed by atoms with Gasteiger partial charge in [-0.05, 0) is 0 Å². The Kier molecular flexibility index (Phi) is 4.55. The Hall–Kier alpha value is 0.450. The summed E-state index contributed by atoms with van der Waals surface area (Å²) >= 11 is 0. The van der Waals surface area contributed by atoms with E-state index in [1.165, 1.54) is 0 Å². The maximum Gasteiger partial charge on any atom is 0.171 e. The van der Waals surface area contributed by atoms with Crippen LogP contribution in [0.2, 0.25) is 0 Å². The molecule has 0 aromatic heterocycles. The fourth-order valence-electron chi connectivity index (χ4n) is 0.280. The predicted octanol–water partition coefficient (Wildman–Crippen LogP) is 1.21. The van der Waals surface area contributed by atoms with Crippen LogP contribution >= 0.6 is 17.6 Å². The summed E-state index contributed by atoms with van der Waals surface area (Å²) in [6.07, 6.45) is 0. The number of rotatable bonds is 3. The zero-order valence-electron chi connectivity index (χ0n) is 6.49. The minimum absolute atomic E-state index is 0.156. The quantitative estimate of drug-likeness (QED) is 0.642. The first-order chi connectivity index (χ1) is 4.48. The Morgan fingerprint density at radius 3 is 2.30 bits per heavy atom. The van der Waals surface area contributed by atoms with E-state index in [0.29, 0.717) is 0 Å². The number of nitrogens with one attached hydrogen (secondary N) is 1. The first-order valence-corrected chi connectivity index (χ1v) is 5.07. The molecule has 5 heteroatoms. The van der Waals surface area contributed by atoms with Crippen molar-refractivity contribution < 1.29 is 4.79 Å². The van der Waals surface area contributed by atoms with Crippen molar-refractivity contribution in [2.45, 2.75) is 20.8 Å². The van der Waals surface area contributed by atoms with E-state index < -0.39 is 0 Å². The highest BCUT2D eigenvalue weighted by atomic mass is 31.1. The predicted molar refractivity (Wildman–Crippen MR) is 48.4 cm³/mol. The van der Waals surface area contributed by atoms with Crippen LogP contribution in [0.15, 0.2) is 0 Å².